The number of benzene rings is 3. The van der Waals surface area contributed by atoms with Crippen molar-refractivity contribution in [3.63, 3.8) is 0 Å². The summed E-state index contributed by atoms with van der Waals surface area (Å²) in [5, 5.41) is 13.5. The number of ketones is 1. The second-order valence-corrected chi connectivity index (χ2v) is 16.1. The minimum absolute atomic E-state index is 0. The van der Waals surface area contributed by atoms with Gasteiger partial charge >= 0.3 is 0 Å². The first-order valence-corrected chi connectivity index (χ1v) is 19.6. The predicted molar refractivity (Wildman–Crippen MR) is 217 cm³/mol. The molecule has 1 radical (unpaired) electrons. The topological polar surface area (TPSA) is 50.2 Å². The van der Waals surface area contributed by atoms with E-state index in [-0.39, 0.29) is 48.9 Å². The Morgan fingerprint density at radius 2 is 1.45 bits per heavy atom. The van der Waals surface area contributed by atoms with Crippen molar-refractivity contribution in [2.75, 3.05) is 0 Å². The Morgan fingerprint density at radius 3 is 2.10 bits per heavy atom. The zero-order valence-corrected chi connectivity index (χ0v) is 35.1. The Morgan fingerprint density at radius 1 is 0.824 bits per heavy atom. The van der Waals surface area contributed by atoms with Crippen LogP contribution < -0.4 is 0 Å². The molecule has 0 saturated carbocycles. The smallest absolute Gasteiger partial charge is 0.162 e. The molecule has 0 fully saturated rings. The normalized spacial score (nSPS) is 11.9. The molecule has 0 atom stereocenters. The summed E-state index contributed by atoms with van der Waals surface area (Å²) in [4.78, 5) is 20.5. The summed E-state index contributed by atoms with van der Waals surface area (Å²) in [6.07, 6.45) is 6.86. The Bertz CT molecular complexity index is 2090. The van der Waals surface area contributed by atoms with E-state index in [4.69, 9.17) is 4.98 Å². The first kappa shape index (κ1) is 40.4. The number of carbonyl (C=O) groups is 1. The number of allylic oxidation sites excluding steroid dienone is 2. The van der Waals surface area contributed by atoms with E-state index >= 15 is 0 Å². The van der Waals surface area contributed by atoms with Crippen molar-refractivity contribution < 1.29 is 30.0 Å². The van der Waals surface area contributed by atoms with Crippen molar-refractivity contribution >= 4 is 49.3 Å². The maximum absolute atomic E-state index is 11.7. The molecule has 269 valence electrons. The van der Waals surface area contributed by atoms with Crippen LogP contribution in [0.25, 0.3) is 52.3 Å². The molecule has 0 unspecified atom stereocenters. The minimum Gasteiger partial charge on any atom is -0.512 e. The van der Waals surface area contributed by atoms with E-state index < -0.39 is 0 Å². The van der Waals surface area contributed by atoms with Gasteiger partial charge in [0, 0.05) is 69.2 Å². The molecule has 6 rings (SSSR count). The molecule has 0 aliphatic heterocycles. The van der Waals surface area contributed by atoms with Crippen LogP contribution in [0.3, 0.4) is 0 Å². The van der Waals surface area contributed by atoms with E-state index in [1.165, 1.54) is 52.9 Å². The molecule has 0 aliphatic rings. The van der Waals surface area contributed by atoms with Gasteiger partial charge in [0.1, 0.15) is 0 Å². The first-order chi connectivity index (χ1) is 24.0. The molecule has 0 aliphatic carbocycles. The number of hydrogen-bond acceptors (Lipinski definition) is 5. The minimum atomic E-state index is 0. The molecule has 3 nitrogen and oxygen atoms in total. The third kappa shape index (κ3) is 9.15. The largest absolute Gasteiger partial charge is 0.512 e. The number of pyridine rings is 1. The average Bonchev–Trinajstić information content (AvgIpc) is 3.74. The zero-order chi connectivity index (χ0) is 36.0. The number of aliphatic hydroxyl groups is 1. The Balaban J connectivity index is 0.000000312. The number of rotatable bonds is 10. The molecule has 0 saturated heterocycles. The van der Waals surface area contributed by atoms with Gasteiger partial charge in [-0.25, -0.2) is 0 Å². The fourth-order valence-corrected chi connectivity index (χ4v) is 9.03. The summed E-state index contributed by atoms with van der Waals surface area (Å²) in [5.74, 6) is 0.547. The van der Waals surface area contributed by atoms with Gasteiger partial charge in [0.15, 0.2) is 5.78 Å². The van der Waals surface area contributed by atoms with Gasteiger partial charge in [-0.05, 0) is 72.7 Å². The molecule has 1 N–H and O–H groups in total. The fraction of sp³-hybridized carbons (Fsp3) is 0.333. The molecule has 3 heterocycles. The molecule has 0 bridgehead atoms. The maximum atomic E-state index is 11.7. The van der Waals surface area contributed by atoms with Gasteiger partial charge in [0.05, 0.1) is 5.76 Å². The van der Waals surface area contributed by atoms with E-state index in [0.29, 0.717) is 0 Å². The quantitative estimate of drug-likeness (QED) is 0.0847. The molecule has 3 aromatic carbocycles. The second kappa shape index (κ2) is 17.9. The zero-order valence-electron chi connectivity index (χ0n) is 31.1. The summed E-state index contributed by atoms with van der Waals surface area (Å²) in [7, 11) is 0. The van der Waals surface area contributed by atoms with Gasteiger partial charge in [-0.3, -0.25) is 9.78 Å². The Hall–Kier alpha value is -3.41. The molecular weight excluding hydrogens is 843 g/mol. The molecule has 6 aromatic rings. The number of aliphatic hydroxyl groups excluding tert-OH is 1. The number of aromatic nitrogens is 1. The van der Waals surface area contributed by atoms with Gasteiger partial charge in [-0.2, -0.15) is 0 Å². The Labute approximate surface area is 326 Å². The van der Waals surface area contributed by atoms with Crippen LogP contribution in [0.2, 0.25) is 0 Å². The summed E-state index contributed by atoms with van der Waals surface area (Å²) >= 11 is 3.71. The standard InChI is InChI=1S/C32H26NS2.C13H24O2.Ir/c1-20-24-16-17-33-29(23-18-22-12-8-9-13-25(22)26(19-23)32(2,3)4)31(24)35-30(20)28-15-14-27(34-28)21-10-6-5-7-11-21;1-5-10(6-2)12(14)9-13(15)11(7-3)8-4;/h5-17,19H,1-4H3;9-11,14H,5-8H2,1-4H3;/q-1;;/b;12-9-;. The van der Waals surface area contributed by atoms with Crippen LogP contribution in [0.1, 0.15) is 85.3 Å². The monoisotopic (exact) mass is 893 g/mol. The van der Waals surface area contributed by atoms with Crippen molar-refractivity contribution in [2.24, 2.45) is 11.8 Å². The van der Waals surface area contributed by atoms with E-state index in [2.05, 4.69) is 113 Å². The number of aryl methyl sites for hydroxylation is 1. The van der Waals surface area contributed by atoms with E-state index in [0.717, 1.165) is 42.3 Å². The number of hydrogen-bond donors (Lipinski definition) is 1. The molecule has 0 amide bonds. The van der Waals surface area contributed by atoms with E-state index in [1.54, 1.807) is 0 Å². The Kier molecular flexibility index (Phi) is 14.2. The van der Waals surface area contributed by atoms with Crippen molar-refractivity contribution in [1.82, 2.24) is 4.98 Å². The number of fused-ring (bicyclic) bond motifs is 2. The van der Waals surface area contributed by atoms with E-state index in [9.17, 15) is 9.90 Å². The summed E-state index contributed by atoms with van der Waals surface area (Å²) in [6.45, 7) is 17.1. The van der Waals surface area contributed by atoms with Crippen LogP contribution in [0, 0.1) is 24.8 Å². The fourth-order valence-electron chi connectivity index (χ4n) is 6.55. The van der Waals surface area contributed by atoms with Crippen molar-refractivity contribution in [1.29, 1.82) is 0 Å². The molecule has 51 heavy (non-hydrogen) atoms. The predicted octanol–water partition coefficient (Wildman–Crippen LogP) is 13.8. The summed E-state index contributed by atoms with van der Waals surface area (Å²) < 4.78 is 1.24. The number of nitrogens with zero attached hydrogens (tertiary/aromatic N) is 1. The molecule has 6 heteroatoms. The average molecular weight is 893 g/mol. The van der Waals surface area contributed by atoms with Gasteiger partial charge < -0.3 is 5.11 Å². The van der Waals surface area contributed by atoms with Crippen LogP contribution in [-0.4, -0.2) is 15.9 Å². The molecule has 3 aromatic heterocycles. The van der Waals surface area contributed by atoms with E-state index in [1.807, 2.05) is 56.6 Å². The number of carbonyl (C=O) groups excluding carboxylic acids is 1. The van der Waals surface area contributed by atoms with Gasteiger partial charge in [0.25, 0.3) is 0 Å². The molecule has 0 spiro atoms. The van der Waals surface area contributed by atoms with Crippen LogP contribution in [-0.2, 0) is 30.3 Å². The van der Waals surface area contributed by atoms with Crippen LogP contribution in [0.5, 0.6) is 0 Å². The van der Waals surface area contributed by atoms with Crippen molar-refractivity contribution in [3.05, 3.63) is 114 Å². The van der Waals surface area contributed by atoms with Gasteiger partial charge in [0.2, 0.25) is 0 Å². The van der Waals surface area contributed by atoms with Crippen molar-refractivity contribution in [2.45, 2.75) is 86.5 Å². The van der Waals surface area contributed by atoms with Gasteiger partial charge in [-0.15, -0.1) is 51.8 Å². The number of thiophene rings is 2. The molecular formula is C45H50IrNO2S2-. The van der Waals surface area contributed by atoms with Crippen LogP contribution >= 0.6 is 22.7 Å². The second-order valence-electron chi connectivity index (χ2n) is 14.0. The third-order valence-corrected chi connectivity index (χ3v) is 12.3. The van der Waals surface area contributed by atoms with Crippen LogP contribution in [0.15, 0.2) is 96.9 Å². The summed E-state index contributed by atoms with van der Waals surface area (Å²) in [6, 6.07) is 31.9. The summed E-state index contributed by atoms with van der Waals surface area (Å²) in [5.41, 5.74) is 6.05. The third-order valence-electron chi connectivity index (χ3n) is 9.66. The first-order valence-electron chi connectivity index (χ1n) is 17.9. The SMILES string of the molecule is CCC(CC)C(=O)/C=C(\O)C(CC)CC.Cc1c(-c2ccc(-c3ccccc3)s2)sc2c(-c3[c-]c4ccccc4c(C(C)(C)C)c3)nccc12.[Ir]. The van der Waals surface area contributed by atoms with Gasteiger partial charge in [-0.1, -0.05) is 108 Å². The maximum Gasteiger partial charge on any atom is 0.162 e. The van der Waals surface area contributed by atoms with Crippen LogP contribution in [0.4, 0.5) is 0 Å². The van der Waals surface area contributed by atoms with Crippen molar-refractivity contribution in [3.8, 4) is 31.5 Å².